The summed E-state index contributed by atoms with van der Waals surface area (Å²) in [6.07, 6.45) is 6.64. The Hall–Kier alpha value is -2.57. The van der Waals surface area contributed by atoms with Gasteiger partial charge in [-0.3, -0.25) is 9.69 Å². The van der Waals surface area contributed by atoms with Gasteiger partial charge >= 0.3 is 0 Å². The van der Waals surface area contributed by atoms with Gasteiger partial charge in [0.05, 0.1) is 17.9 Å². The lowest BCUT2D eigenvalue weighted by Crippen LogP contribution is -2.38. The van der Waals surface area contributed by atoms with Gasteiger partial charge in [-0.25, -0.2) is 4.79 Å². The number of carbonyl (C=O) groups is 1. The van der Waals surface area contributed by atoms with Crippen LogP contribution in [0.4, 0.5) is 11.4 Å². The maximum atomic E-state index is 11.6. The average molecular weight is 228 g/mol. The average Bonchev–Trinajstić information content (AvgIpc) is 2.33. The van der Waals surface area contributed by atoms with Gasteiger partial charge in [-0.2, -0.15) is 4.99 Å². The van der Waals surface area contributed by atoms with Crippen LogP contribution in [0.15, 0.2) is 23.2 Å². The summed E-state index contributed by atoms with van der Waals surface area (Å²) in [5.41, 5.74) is 0.926. The molecule has 0 radical (unpaired) electrons. The number of hydrogen-bond donors (Lipinski definition) is 0. The van der Waals surface area contributed by atoms with Crippen LogP contribution in [0.3, 0.4) is 0 Å². The largest absolute Gasteiger partial charge is 0.482 e. The van der Waals surface area contributed by atoms with Gasteiger partial charge in [0.2, 0.25) is 6.08 Å². The third-order valence-electron chi connectivity index (χ3n) is 2.31. The number of benzene rings is 1. The van der Waals surface area contributed by atoms with Crippen LogP contribution >= 0.6 is 0 Å². The van der Waals surface area contributed by atoms with Gasteiger partial charge in [0.25, 0.3) is 5.91 Å². The van der Waals surface area contributed by atoms with Gasteiger partial charge < -0.3 is 4.74 Å². The molecular weight excluding hydrogens is 220 g/mol. The molecular formula is C12H8N2O3. The molecule has 84 valence electrons. The quantitative estimate of drug-likeness (QED) is 0.431. The predicted molar refractivity (Wildman–Crippen MR) is 60.9 cm³/mol. The number of aliphatic imine (C=N–C) groups is 1. The number of terminal acetylenes is 1. The number of anilines is 1. The summed E-state index contributed by atoms with van der Waals surface area (Å²) in [5, 5.41) is 0. The smallest absolute Gasteiger partial charge is 0.265 e. The molecule has 0 aromatic heterocycles. The zero-order chi connectivity index (χ0) is 12.3. The van der Waals surface area contributed by atoms with E-state index < -0.39 is 0 Å². The first-order valence-corrected chi connectivity index (χ1v) is 4.85. The topological polar surface area (TPSA) is 59.0 Å². The lowest BCUT2D eigenvalue weighted by Gasteiger charge is -2.27. The summed E-state index contributed by atoms with van der Waals surface area (Å²) in [4.78, 5) is 26.7. The van der Waals surface area contributed by atoms with Crippen molar-refractivity contribution in [3.63, 3.8) is 0 Å². The van der Waals surface area contributed by atoms with E-state index in [1.807, 2.05) is 0 Å². The van der Waals surface area contributed by atoms with Crippen LogP contribution in [-0.2, 0) is 9.59 Å². The summed E-state index contributed by atoms with van der Waals surface area (Å²) in [7, 11) is 0. The minimum atomic E-state index is -0.220. The van der Waals surface area contributed by atoms with Crippen molar-refractivity contribution in [3.8, 4) is 18.1 Å². The number of ether oxygens (including phenoxy) is 1. The zero-order valence-corrected chi connectivity index (χ0v) is 8.84. The van der Waals surface area contributed by atoms with E-state index in [2.05, 4.69) is 10.9 Å². The lowest BCUT2D eigenvalue weighted by atomic mass is 10.2. The molecule has 17 heavy (non-hydrogen) atoms. The third kappa shape index (κ3) is 2.03. The monoisotopic (exact) mass is 228 g/mol. The molecule has 0 spiro atoms. The minimum Gasteiger partial charge on any atom is -0.482 e. The molecule has 1 heterocycles. The summed E-state index contributed by atoms with van der Waals surface area (Å²) >= 11 is 0. The highest BCUT2D eigenvalue weighted by Gasteiger charge is 2.24. The number of carbonyl (C=O) groups excluding carboxylic acids is 2. The first-order chi connectivity index (χ1) is 8.26. The first kappa shape index (κ1) is 10.9. The van der Waals surface area contributed by atoms with Crippen molar-refractivity contribution in [2.24, 2.45) is 4.99 Å². The minimum absolute atomic E-state index is 0.0367. The van der Waals surface area contributed by atoms with Crippen molar-refractivity contribution < 1.29 is 14.3 Å². The number of rotatable bonds is 2. The standard InChI is InChI=1S/C12H8N2O3/c1-2-5-14-10-6-9(13-8-15)3-4-11(10)17-7-12(14)16/h1,3-4,6H,5,7H2. The molecule has 1 aromatic carbocycles. The number of fused-ring (bicyclic) bond motifs is 1. The lowest BCUT2D eigenvalue weighted by molar-refractivity contribution is -0.121. The van der Waals surface area contributed by atoms with Crippen LogP contribution in [0.2, 0.25) is 0 Å². The van der Waals surface area contributed by atoms with Crippen LogP contribution in [0.5, 0.6) is 5.75 Å². The van der Waals surface area contributed by atoms with Gasteiger partial charge in [-0.15, -0.1) is 6.42 Å². The predicted octanol–water partition coefficient (Wildman–Crippen LogP) is 1.01. The maximum Gasteiger partial charge on any atom is 0.265 e. The van der Waals surface area contributed by atoms with Crippen molar-refractivity contribution in [1.82, 2.24) is 0 Å². The molecule has 0 N–H and O–H groups in total. The highest BCUT2D eigenvalue weighted by molar-refractivity contribution is 5.98. The molecule has 1 aliphatic rings. The second-order valence-corrected chi connectivity index (χ2v) is 3.33. The molecule has 2 rings (SSSR count). The summed E-state index contributed by atoms with van der Waals surface area (Å²) in [6.45, 7) is 0.119. The molecule has 0 saturated carbocycles. The fourth-order valence-electron chi connectivity index (χ4n) is 1.58. The van der Waals surface area contributed by atoms with Crippen LogP contribution in [-0.4, -0.2) is 25.1 Å². The Kier molecular flexibility index (Phi) is 2.91. The van der Waals surface area contributed by atoms with Crippen molar-refractivity contribution in [1.29, 1.82) is 0 Å². The van der Waals surface area contributed by atoms with Crippen molar-refractivity contribution in [3.05, 3.63) is 18.2 Å². The Labute approximate surface area is 97.7 Å². The molecule has 0 saturated heterocycles. The normalized spacial score (nSPS) is 13.1. The molecule has 0 aliphatic carbocycles. The number of nitrogens with zero attached hydrogens (tertiary/aromatic N) is 2. The molecule has 1 amide bonds. The molecule has 0 atom stereocenters. The Balaban J connectivity index is 2.48. The molecule has 5 heteroatoms. The Morgan fingerprint density at radius 1 is 1.53 bits per heavy atom. The van der Waals surface area contributed by atoms with Crippen LogP contribution < -0.4 is 9.64 Å². The number of isocyanates is 1. The van der Waals surface area contributed by atoms with Gasteiger partial charge in [-0.1, -0.05) is 5.92 Å². The van der Waals surface area contributed by atoms with E-state index in [1.165, 1.54) is 11.0 Å². The number of hydrogen-bond acceptors (Lipinski definition) is 4. The van der Waals surface area contributed by atoms with Crippen molar-refractivity contribution >= 4 is 23.4 Å². The van der Waals surface area contributed by atoms with E-state index in [-0.39, 0.29) is 19.1 Å². The van der Waals surface area contributed by atoms with Crippen molar-refractivity contribution in [2.75, 3.05) is 18.1 Å². The highest BCUT2D eigenvalue weighted by Crippen LogP contribution is 2.35. The SMILES string of the molecule is C#CCN1C(=O)COc2ccc(N=C=O)cc21. The van der Waals surface area contributed by atoms with E-state index in [0.717, 1.165) is 0 Å². The molecule has 0 bridgehead atoms. The summed E-state index contributed by atoms with van der Waals surface area (Å²) < 4.78 is 5.25. The van der Waals surface area contributed by atoms with Crippen LogP contribution in [0.1, 0.15) is 0 Å². The zero-order valence-electron chi connectivity index (χ0n) is 8.84. The second kappa shape index (κ2) is 4.52. The summed E-state index contributed by atoms with van der Waals surface area (Å²) in [6, 6.07) is 4.81. The van der Waals surface area contributed by atoms with Gasteiger partial charge in [0, 0.05) is 0 Å². The summed E-state index contributed by atoms with van der Waals surface area (Å²) in [5.74, 6) is 2.73. The van der Waals surface area contributed by atoms with Gasteiger partial charge in [0.1, 0.15) is 5.75 Å². The van der Waals surface area contributed by atoms with Crippen LogP contribution in [0.25, 0.3) is 0 Å². The number of amides is 1. The van der Waals surface area contributed by atoms with E-state index in [0.29, 0.717) is 17.1 Å². The fraction of sp³-hybridized carbons (Fsp3) is 0.167. The first-order valence-electron chi connectivity index (χ1n) is 4.85. The molecule has 0 fully saturated rings. The van der Waals surface area contributed by atoms with Crippen LogP contribution in [0, 0.1) is 12.3 Å². The van der Waals surface area contributed by atoms with E-state index in [1.54, 1.807) is 18.2 Å². The Morgan fingerprint density at radius 2 is 2.35 bits per heavy atom. The molecule has 0 unspecified atom stereocenters. The maximum absolute atomic E-state index is 11.6. The van der Waals surface area contributed by atoms with Crippen molar-refractivity contribution in [2.45, 2.75) is 0 Å². The van der Waals surface area contributed by atoms with E-state index in [4.69, 9.17) is 11.2 Å². The fourth-order valence-corrected chi connectivity index (χ4v) is 1.58. The van der Waals surface area contributed by atoms with E-state index in [9.17, 15) is 9.59 Å². The Morgan fingerprint density at radius 3 is 3.06 bits per heavy atom. The van der Waals surface area contributed by atoms with Gasteiger partial charge in [-0.05, 0) is 18.2 Å². The molecule has 1 aliphatic heterocycles. The Bertz CT molecular complexity index is 553. The highest BCUT2D eigenvalue weighted by atomic mass is 16.5. The third-order valence-corrected chi connectivity index (χ3v) is 2.31. The molecule has 5 nitrogen and oxygen atoms in total. The molecule has 1 aromatic rings. The second-order valence-electron chi connectivity index (χ2n) is 3.33. The van der Waals surface area contributed by atoms with Gasteiger partial charge in [0.15, 0.2) is 6.61 Å². The van der Waals surface area contributed by atoms with E-state index >= 15 is 0 Å².